The Balaban J connectivity index is 3.71. The third-order valence-corrected chi connectivity index (χ3v) is 2.19. The molecular formula is C11H19ClO2. The molecule has 0 saturated carbocycles. The van der Waals surface area contributed by atoms with Crippen LogP contribution in [0.5, 0.6) is 0 Å². The molecule has 0 aromatic heterocycles. The maximum atomic E-state index is 10.8. The summed E-state index contributed by atoms with van der Waals surface area (Å²) in [5.74, 6) is 0.419. The average Bonchev–Trinajstić information content (AvgIpc) is 2.13. The van der Waals surface area contributed by atoms with Crippen molar-refractivity contribution in [2.75, 3.05) is 5.88 Å². The van der Waals surface area contributed by atoms with Gasteiger partial charge in [0.2, 0.25) is 0 Å². The van der Waals surface area contributed by atoms with E-state index in [4.69, 9.17) is 16.3 Å². The highest BCUT2D eigenvalue weighted by atomic mass is 35.5. The van der Waals surface area contributed by atoms with Gasteiger partial charge in [-0.05, 0) is 32.1 Å². The summed E-state index contributed by atoms with van der Waals surface area (Å²) in [6.07, 6.45) is 6.57. The van der Waals surface area contributed by atoms with Crippen LogP contribution in [-0.2, 0) is 9.53 Å². The summed E-state index contributed by atoms with van der Waals surface area (Å²) in [7, 11) is 0. The minimum Gasteiger partial charge on any atom is -0.463 e. The Kier molecular flexibility index (Phi) is 8.75. The molecule has 0 aliphatic heterocycles. The van der Waals surface area contributed by atoms with Gasteiger partial charge in [0.15, 0.2) is 0 Å². The van der Waals surface area contributed by atoms with Gasteiger partial charge < -0.3 is 4.74 Å². The topological polar surface area (TPSA) is 26.3 Å². The molecule has 0 fully saturated rings. The van der Waals surface area contributed by atoms with E-state index in [1.165, 1.54) is 6.92 Å². The molecule has 0 amide bonds. The zero-order valence-corrected chi connectivity index (χ0v) is 9.55. The molecule has 0 spiro atoms. The summed E-state index contributed by atoms with van der Waals surface area (Å²) in [6, 6.07) is 0. The number of hydrogen-bond acceptors (Lipinski definition) is 2. The molecule has 0 radical (unpaired) electrons. The van der Waals surface area contributed by atoms with Gasteiger partial charge in [-0.15, -0.1) is 18.2 Å². The van der Waals surface area contributed by atoms with E-state index in [-0.39, 0.29) is 12.1 Å². The maximum Gasteiger partial charge on any atom is 0.302 e. The molecule has 0 saturated heterocycles. The van der Waals surface area contributed by atoms with Crippen molar-refractivity contribution in [3.05, 3.63) is 12.7 Å². The Morgan fingerprint density at radius 3 is 2.64 bits per heavy atom. The molecule has 0 heterocycles. The van der Waals surface area contributed by atoms with Crippen molar-refractivity contribution in [2.24, 2.45) is 0 Å². The lowest BCUT2D eigenvalue weighted by Gasteiger charge is -2.15. The van der Waals surface area contributed by atoms with Gasteiger partial charge in [-0.2, -0.15) is 0 Å². The van der Waals surface area contributed by atoms with Crippen LogP contribution in [0.15, 0.2) is 12.7 Å². The van der Waals surface area contributed by atoms with Gasteiger partial charge in [-0.25, -0.2) is 0 Å². The summed E-state index contributed by atoms with van der Waals surface area (Å²) in [6.45, 7) is 5.10. The third kappa shape index (κ3) is 8.11. The van der Waals surface area contributed by atoms with Crippen LogP contribution in [0, 0.1) is 0 Å². The highest BCUT2D eigenvalue weighted by Gasteiger charge is 2.10. The zero-order chi connectivity index (χ0) is 10.8. The quantitative estimate of drug-likeness (QED) is 0.271. The summed E-state index contributed by atoms with van der Waals surface area (Å²) < 4.78 is 5.17. The Morgan fingerprint density at radius 1 is 1.50 bits per heavy atom. The van der Waals surface area contributed by atoms with E-state index < -0.39 is 0 Å². The smallest absolute Gasteiger partial charge is 0.302 e. The van der Waals surface area contributed by atoms with Crippen LogP contribution >= 0.6 is 11.6 Å². The predicted molar refractivity (Wildman–Crippen MR) is 59.6 cm³/mol. The van der Waals surface area contributed by atoms with Gasteiger partial charge in [0, 0.05) is 12.8 Å². The number of carbonyl (C=O) groups excluding carboxylic acids is 1. The first-order chi connectivity index (χ1) is 6.70. The predicted octanol–water partition coefficient (Wildman–Crippen LogP) is 3.29. The summed E-state index contributed by atoms with van der Waals surface area (Å²) in [5, 5.41) is 0. The van der Waals surface area contributed by atoms with E-state index >= 15 is 0 Å². The molecule has 0 aliphatic carbocycles. The van der Waals surface area contributed by atoms with E-state index in [1.54, 1.807) is 0 Å². The SMILES string of the molecule is C=CCCCC(CCCCl)OC(C)=O. The maximum absolute atomic E-state index is 10.8. The lowest BCUT2D eigenvalue weighted by molar-refractivity contribution is -0.147. The number of ether oxygens (including phenoxy) is 1. The van der Waals surface area contributed by atoms with Crippen molar-refractivity contribution in [1.29, 1.82) is 0 Å². The Labute approximate surface area is 91.3 Å². The van der Waals surface area contributed by atoms with Crippen LogP contribution in [0.2, 0.25) is 0 Å². The van der Waals surface area contributed by atoms with Crippen molar-refractivity contribution < 1.29 is 9.53 Å². The van der Waals surface area contributed by atoms with Gasteiger partial charge >= 0.3 is 5.97 Å². The fraction of sp³-hybridized carbons (Fsp3) is 0.727. The van der Waals surface area contributed by atoms with Crippen molar-refractivity contribution >= 4 is 17.6 Å². The molecule has 0 rings (SSSR count). The van der Waals surface area contributed by atoms with E-state index in [0.29, 0.717) is 5.88 Å². The molecule has 1 atom stereocenters. The van der Waals surface area contributed by atoms with Crippen LogP contribution in [0.25, 0.3) is 0 Å². The molecule has 82 valence electrons. The second kappa shape index (κ2) is 9.07. The van der Waals surface area contributed by atoms with Gasteiger partial charge in [-0.3, -0.25) is 4.79 Å². The number of esters is 1. The van der Waals surface area contributed by atoms with Crippen LogP contribution in [-0.4, -0.2) is 18.0 Å². The fourth-order valence-electron chi connectivity index (χ4n) is 1.29. The molecule has 0 aliphatic rings. The first-order valence-corrected chi connectivity index (χ1v) is 5.58. The van der Waals surface area contributed by atoms with Gasteiger partial charge in [0.05, 0.1) is 0 Å². The largest absolute Gasteiger partial charge is 0.463 e. The van der Waals surface area contributed by atoms with Gasteiger partial charge in [-0.1, -0.05) is 6.08 Å². The van der Waals surface area contributed by atoms with Crippen molar-refractivity contribution in [2.45, 2.75) is 45.1 Å². The van der Waals surface area contributed by atoms with Crippen LogP contribution in [0.3, 0.4) is 0 Å². The zero-order valence-electron chi connectivity index (χ0n) is 8.80. The minimum atomic E-state index is -0.205. The molecule has 2 nitrogen and oxygen atoms in total. The van der Waals surface area contributed by atoms with Crippen LogP contribution < -0.4 is 0 Å². The molecular weight excluding hydrogens is 200 g/mol. The Hall–Kier alpha value is -0.500. The van der Waals surface area contributed by atoms with E-state index in [2.05, 4.69) is 6.58 Å². The van der Waals surface area contributed by atoms with Gasteiger partial charge in [0.25, 0.3) is 0 Å². The van der Waals surface area contributed by atoms with Crippen molar-refractivity contribution in [1.82, 2.24) is 0 Å². The summed E-state index contributed by atoms with van der Waals surface area (Å²) in [5.41, 5.74) is 0. The highest BCUT2D eigenvalue weighted by molar-refractivity contribution is 6.17. The molecule has 1 unspecified atom stereocenters. The molecule has 14 heavy (non-hydrogen) atoms. The van der Waals surface area contributed by atoms with Gasteiger partial charge in [0.1, 0.15) is 6.10 Å². The number of unbranched alkanes of at least 4 members (excludes halogenated alkanes) is 1. The van der Waals surface area contributed by atoms with E-state index in [1.807, 2.05) is 6.08 Å². The monoisotopic (exact) mass is 218 g/mol. The van der Waals surface area contributed by atoms with Crippen molar-refractivity contribution in [3.63, 3.8) is 0 Å². The second-order valence-electron chi connectivity index (χ2n) is 3.28. The standard InChI is InChI=1S/C11H19ClO2/c1-3-4-5-7-11(8-6-9-12)14-10(2)13/h3,11H,1,4-9H2,2H3. The molecule has 0 aromatic carbocycles. The van der Waals surface area contributed by atoms with Crippen molar-refractivity contribution in [3.8, 4) is 0 Å². The first kappa shape index (κ1) is 13.5. The lowest BCUT2D eigenvalue weighted by atomic mass is 10.1. The summed E-state index contributed by atoms with van der Waals surface area (Å²) >= 11 is 5.59. The Bertz CT molecular complexity index is 169. The number of alkyl halides is 1. The fourth-order valence-corrected chi connectivity index (χ4v) is 1.45. The number of halogens is 1. The molecule has 0 N–H and O–H groups in total. The number of allylic oxidation sites excluding steroid dienone is 1. The first-order valence-electron chi connectivity index (χ1n) is 5.04. The number of hydrogen-bond donors (Lipinski definition) is 0. The molecule has 3 heteroatoms. The highest BCUT2D eigenvalue weighted by Crippen LogP contribution is 2.12. The molecule has 0 bridgehead atoms. The summed E-state index contributed by atoms with van der Waals surface area (Å²) in [4.78, 5) is 10.8. The normalized spacial score (nSPS) is 12.1. The molecule has 0 aromatic rings. The van der Waals surface area contributed by atoms with E-state index in [0.717, 1.165) is 32.1 Å². The number of carbonyl (C=O) groups is 1. The number of rotatable bonds is 8. The third-order valence-electron chi connectivity index (χ3n) is 1.93. The Morgan fingerprint density at radius 2 is 2.14 bits per heavy atom. The lowest BCUT2D eigenvalue weighted by Crippen LogP contribution is -2.16. The second-order valence-corrected chi connectivity index (χ2v) is 3.66. The minimum absolute atomic E-state index is 0.0335. The van der Waals surface area contributed by atoms with E-state index in [9.17, 15) is 4.79 Å². The van der Waals surface area contributed by atoms with Crippen LogP contribution in [0.1, 0.15) is 39.0 Å². The van der Waals surface area contributed by atoms with Crippen LogP contribution in [0.4, 0.5) is 0 Å². The average molecular weight is 219 g/mol.